The molecule has 1 unspecified atom stereocenters. The van der Waals surface area contributed by atoms with Gasteiger partial charge in [-0.2, -0.15) is 0 Å². The van der Waals surface area contributed by atoms with Crippen molar-refractivity contribution in [1.29, 1.82) is 0 Å². The SMILES string of the molecule is CCCN(C(=O)COC)C1CCNC1. The number of nitrogens with one attached hydrogen (secondary N) is 1. The summed E-state index contributed by atoms with van der Waals surface area (Å²) in [6.45, 7) is 5.08. The van der Waals surface area contributed by atoms with E-state index in [4.69, 9.17) is 4.74 Å². The molecule has 0 bridgehead atoms. The van der Waals surface area contributed by atoms with Gasteiger partial charge in [0, 0.05) is 26.2 Å². The number of nitrogens with zero attached hydrogens (tertiary/aromatic N) is 1. The summed E-state index contributed by atoms with van der Waals surface area (Å²) in [5, 5.41) is 3.27. The van der Waals surface area contributed by atoms with Gasteiger partial charge >= 0.3 is 0 Å². The van der Waals surface area contributed by atoms with Crippen molar-refractivity contribution in [2.75, 3.05) is 33.4 Å². The van der Waals surface area contributed by atoms with Crippen LogP contribution in [-0.2, 0) is 9.53 Å². The van der Waals surface area contributed by atoms with Crippen LogP contribution in [0.3, 0.4) is 0 Å². The van der Waals surface area contributed by atoms with Crippen LogP contribution < -0.4 is 5.32 Å². The average molecular weight is 200 g/mol. The fourth-order valence-electron chi connectivity index (χ4n) is 1.86. The molecule has 1 fully saturated rings. The highest BCUT2D eigenvalue weighted by atomic mass is 16.5. The summed E-state index contributed by atoms with van der Waals surface area (Å²) < 4.78 is 4.88. The molecule has 0 spiro atoms. The number of carbonyl (C=O) groups is 1. The Morgan fingerprint density at radius 3 is 2.93 bits per heavy atom. The Kier molecular flexibility index (Phi) is 4.90. The molecule has 4 heteroatoms. The van der Waals surface area contributed by atoms with Gasteiger partial charge < -0.3 is 15.0 Å². The van der Waals surface area contributed by atoms with Gasteiger partial charge in [-0.3, -0.25) is 4.79 Å². The summed E-state index contributed by atoms with van der Waals surface area (Å²) >= 11 is 0. The Bertz CT molecular complexity index is 179. The molecule has 14 heavy (non-hydrogen) atoms. The van der Waals surface area contributed by atoms with E-state index in [0.29, 0.717) is 6.04 Å². The predicted octanol–water partition coefficient (Wildman–Crippen LogP) is 0.233. The molecule has 0 aromatic rings. The van der Waals surface area contributed by atoms with E-state index in [1.54, 1.807) is 7.11 Å². The van der Waals surface area contributed by atoms with Gasteiger partial charge in [-0.15, -0.1) is 0 Å². The summed E-state index contributed by atoms with van der Waals surface area (Å²) in [5.74, 6) is 0.114. The number of methoxy groups -OCH3 is 1. The maximum absolute atomic E-state index is 11.7. The van der Waals surface area contributed by atoms with Crippen molar-refractivity contribution >= 4 is 5.91 Å². The number of amides is 1. The quantitative estimate of drug-likeness (QED) is 0.691. The van der Waals surface area contributed by atoms with Gasteiger partial charge in [0.05, 0.1) is 0 Å². The highest BCUT2D eigenvalue weighted by Crippen LogP contribution is 2.09. The first-order valence-corrected chi connectivity index (χ1v) is 5.28. The third kappa shape index (κ3) is 2.96. The second-order valence-corrected chi connectivity index (χ2v) is 3.67. The Balaban J connectivity index is 2.48. The van der Waals surface area contributed by atoms with Crippen LogP contribution in [0, 0.1) is 0 Å². The molecule has 1 heterocycles. The average Bonchev–Trinajstić information content (AvgIpc) is 2.67. The molecular formula is C10H20N2O2. The standard InChI is InChI=1S/C10H20N2O2/c1-3-6-12(10(13)8-14-2)9-4-5-11-7-9/h9,11H,3-8H2,1-2H3. The highest BCUT2D eigenvalue weighted by molar-refractivity contribution is 5.77. The minimum atomic E-state index is 0.114. The van der Waals surface area contributed by atoms with Crippen molar-refractivity contribution in [3.8, 4) is 0 Å². The maximum Gasteiger partial charge on any atom is 0.248 e. The van der Waals surface area contributed by atoms with Crippen molar-refractivity contribution in [2.45, 2.75) is 25.8 Å². The smallest absolute Gasteiger partial charge is 0.248 e. The summed E-state index contributed by atoms with van der Waals surface area (Å²) in [6.07, 6.45) is 2.07. The number of ether oxygens (including phenoxy) is 1. The van der Waals surface area contributed by atoms with E-state index in [-0.39, 0.29) is 12.5 Å². The van der Waals surface area contributed by atoms with Crippen molar-refractivity contribution in [3.05, 3.63) is 0 Å². The normalized spacial score (nSPS) is 21.1. The van der Waals surface area contributed by atoms with E-state index < -0.39 is 0 Å². The molecule has 82 valence electrons. The first-order chi connectivity index (χ1) is 6.79. The Hall–Kier alpha value is -0.610. The van der Waals surface area contributed by atoms with E-state index in [9.17, 15) is 4.79 Å². The zero-order valence-electron chi connectivity index (χ0n) is 9.08. The molecule has 1 rings (SSSR count). The second-order valence-electron chi connectivity index (χ2n) is 3.67. The molecule has 0 aliphatic carbocycles. The zero-order chi connectivity index (χ0) is 10.4. The highest BCUT2D eigenvalue weighted by Gasteiger charge is 2.25. The second kappa shape index (κ2) is 5.98. The van der Waals surface area contributed by atoms with Crippen molar-refractivity contribution in [3.63, 3.8) is 0 Å². The lowest BCUT2D eigenvalue weighted by molar-refractivity contribution is -0.137. The number of carbonyl (C=O) groups excluding carboxylic acids is 1. The van der Waals surface area contributed by atoms with Crippen LogP contribution >= 0.6 is 0 Å². The van der Waals surface area contributed by atoms with Crippen LogP contribution in [0.5, 0.6) is 0 Å². The molecule has 0 aromatic heterocycles. The van der Waals surface area contributed by atoms with Crippen LogP contribution in [0.25, 0.3) is 0 Å². The summed E-state index contributed by atoms with van der Waals surface area (Å²) in [7, 11) is 1.56. The van der Waals surface area contributed by atoms with Gasteiger partial charge in [0.2, 0.25) is 5.91 Å². The lowest BCUT2D eigenvalue weighted by Gasteiger charge is -2.27. The minimum Gasteiger partial charge on any atom is -0.375 e. The van der Waals surface area contributed by atoms with Crippen molar-refractivity contribution < 1.29 is 9.53 Å². The molecule has 0 aromatic carbocycles. The van der Waals surface area contributed by atoms with Gasteiger partial charge in [-0.1, -0.05) is 6.92 Å². The molecule has 1 aliphatic heterocycles. The lowest BCUT2D eigenvalue weighted by Crippen LogP contribution is -2.43. The monoisotopic (exact) mass is 200 g/mol. The van der Waals surface area contributed by atoms with Gasteiger partial charge in [0.1, 0.15) is 6.61 Å². The van der Waals surface area contributed by atoms with Crippen LogP contribution in [0.4, 0.5) is 0 Å². The topological polar surface area (TPSA) is 41.6 Å². The summed E-state index contributed by atoms with van der Waals surface area (Å²) in [6, 6.07) is 0.373. The maximum atomic E-state index is 11.7. The fourth-order valence-corrected chi connectivity index (χ4v) is 1.86. The van der Waals surface area contributed by atoms with E-state index >= 15 is 0 Å². The molecule has 1 N–H and O–H groups in total. The van der Waals surface area contributed by atoms with E-state index in [1.165, 1.54) is 0 Å². The molecule has 4 nitrogen and oxygen atoms in total. The molecule has 0 saturated carbocycles. The van der Waals surface area contributed by atoms with Crippen LogP contribution in [0.2, 0.25) is 0 Å². The summed E-state index contributed by atoms with van der Waals surface area (Å²) in [4.78, 5) is 13.6. The Morgan fingerprint density at radius 2 is 2.43 bits per heavy atom. The van der Waals surface area contributed by atoms with E-state index in [1.807, 2.05) is 4.90 Å². The fraction of sp³-hybridized carbons (Fsp3) is 0.900. The first kappa shape index (κ1) is 11.5. The zero-order valence-corrected chi connectivity index (χ0v) is 9.08. The lowest BCUT2D eigenvalue weighted by atomic mass is 10.2. The number of hydrogen-bond acceptors (Lipinski definition) is 3. The molecule has 1 atom stereocenters. The van der Waals surface area contributed by atoms with Crippen LogP contribution in [0.1, 0.15) is 19.8 Å². The number of hydrogen-bond donors (Lipinski definition) is 1. The molecule has 1 aliphatic rings. The largest absolute Gasteiger partial charge is 0.375 e. The Labute approximate surface area is 85.6 Å². The molecular weight excluding hydrogens is 180 g/mol. The Morgan fingerprint density at radius 1 is 1.64 bits per heavy atom. The summed E-state index contributed by atoms with van der Waals surface area (Å²) in [5.41, 5.74) is 0. The third-order valence-electron chi connectivity index (χ3n) is 2.53. The first-order valence-electron chi connectivity index (χ1n) is 5.28. The molecule has 0 radical (unpaired) electrons. The van der Waals surface area contributed by atoms with Gasteiger partial charge in [0.25, 0.3) is 0 Å². The van der Waals surface area contributed by atoms with Crippen molar-refractivity contribution in [1.82, 2.24) is 10.2 Å². The van der Waals surface area contributed by atoms with Gasteiger partial charge in [-0.05, 0) is 19.4 Å². The molecule has 1 amide bonds. The van der Waals surface area contributed by atoms with Crippen LogP contribution in [0.15, 0.2) is 0 Å². The predicted molar refractivity (Wildman–Crippen MR) is 55.2 cm³/mol. The van der Waals surface area contributed by atoms with Gasteiger partial charge in [0.15, 0.2) is 0 Å². The van der Waals surface area contributed by atoms with E-state index in [0.717, 1.165) is 32.5 Å². The minimum absolute atomic E-state index is 0.114. The van der Waals surface area contributed by atoms with Crippen molar-refractivity contribution in [2.24, 2.45) is 0 Å². The van der Waals surface area contributed by atoms with Crippen LogP contribution in [-0.4, -0.2) is 50.2 Å². The van der Waals surface area contributed by atoms with Gasteiger partial charge in [-0.25, -0.2) is 0 Å². The molecule has 1 saturated heterocycles. The number of rotatable bonds is 5. The van der Waals surface area contributed by atoms with E-state index in [2.05, 4.69) is 12.2 Å². The third-order valence-corrected chi connectivity index (χ3v) is 2.53.